The summed E-state index contributed by atoms with van der Waals surface area (Å²) in [4.78, 5) is 11.7. The predicted octanol–water partition coefficient (Wildman–Crippen LogP) is 4.04. The Bertz CT molecular complexity index is 414. The first-order valence-electron chi connectivity index (χ1n) is 6.06. The number of benzene rings is 1. The summed E-state index contributed by atoms with van der Waals surface area (Å²) in [7, 11) is 0. The van der Waals surface area contributed by atoms with Crippen LogP contribution in [0.15, 0.2) is 22.7 Å². The number of hydrogen-bond acceptors (Lipinski definition) is 1. The second-order valence-electron chi connectivity index (χ2n) is 4.97. The highest BCUT2D eigenvalue weighted by atomic mass is 79.9. The SMILES string of the molecule is Cc1cc(Br)cc(C2(C(=O)O)CCCCC2)c1. The fourth-order valence-electron chi connectivity index (χ4n) is 2.79. The third-order valence-electron chi connectivity index (χ3n) is 3.71. The minimum Gasteiger partial charge on any atom is -0.481 e. The molecule has 0 unspecified atom stereocenters. The van der Waals surface area contributed by atoms with Crippen LogP contribution in [-0.2, 0) is 10.2 Å². The Kier molecular flexibility index (Phi) is 3.57. The quantitative estimate of drug-likeness (QED) is 0.894. The number of carbonyl (C=O) groups is 1. The molecule has 1 aliphatic carbocycles. The summed E-state index contributed by atoms with van der Waals surface area (Å²) in [6, 6.07) is 6.00. The van der Waals surface area contributed by atoms with Crippen molar-refractivity contribution in [3.63, 3.8) is 0 Å². The van der Waals surface area contributed by atoms with E-state index < -0.39 is 11.4 Å². The predicted molar refractivity (Wildman–Crippen MR) is 71.3 cm³/mol. The Morgan fingerprint density at radius 1 is 1.24 bits per heavy atom. The standard InChI is InChI=1S/C14H17BrO2/c1-10-7-11(9-12(15)8-10)14(13(16)17)5-3-2-4-6-14/h7-9H,2-6H2,1H3,(H,16,17). The molecule has 1 N–H and O–H groups in total. The van der Waals surface area contributed by atoms with E-state index in [1.807, 2.05) is 25.1 Å². The van der Waals surface area contributed by atoms with E-state index >= 15 is 0 Å². The molecule has 0 aliphatic heterocycles. The van der Waals surface area contributed by atoms with Crippen molar-refractivity contribution in [2.45, 2.75) is 44.4 Å². The van der Waals surface area contributed by atoms with Crippen LogP contribution in [0, 0.1) is 6.92 Å². The number of aryl methyl sites for hydroxylation is 1. The van der Waals surface area contributed by atoms with Gasteiger partial charge in [-0.05, 0) is 43.0 Å². The van der Waals surface area contributed by atoms with E-state index in [0.29, 0.717) is 0 Å². The van der Waals surface area contributed by atoms with Gasteiger partial charge in [-0.3, -0.25) is 4.79 Å². The van der Waals surface area contributed by atoms with Crippen LogP contribution in [0.2, 0.25) is 0 Å². The van der Waals surface area contributed by atoms with Gasteiger partial charge in [-0.1, -0.05) is 41.3 Å². The third-order valence-corrected chi connectivity index (χ3v) is 4.17. The maximum atomic E-state index is 11.7. The zero-order valence-electron chi connectivity index (χ0n) is 10.0. The molecule has 1 aliphatic rings. The molecule has 3 heteroatoms. The molecule has 1 saturated carbocycles. The van der Waals surface area contributed by atoms with Gasteiger partial charge in [0.15, 0.2) is 0 Å². The topological polar surface area (TPSA) is 37.3 Å². The molecule has 92 valence electrons. The molecule has 0 heterocycles. The fraction of sp³-hybridized carbons (Fsp3) is 0.500. The highest BCUT2D eigenvalue weighted by molar-refractivity contribution is 9.10. The van der Waals surface area contributed by atoms with E-state index in [0.717, 1.165) is 47.7 Å². The first-order valence-corrected chi connectivity index (χ1v) is 6.85. The summed E-state index contributed by atoms with van der Waals surface area (Å²) >= 11 is 3.46. The Hall–Kier alpha value is -0.830. The van der Waals surface area contributed by atoms with Crippen molar-refractivity contribution >= 4 is 21.9 Å². The Labute approximate surface area is 110 Å². The highest BCUT2D eigenvalue weighted by Crippen LogP contribution is 2.40. The van der Waals surface area contributed by atoms with Crippen molar-refractivity contribution in [2.75, 3.05) is 0 Å². The summed E-state index contributed by atoms with van der Waals surface area (Å²) in [6.45, 7) is 2.01. The van der Waals surface area contributed by atoms with E-state index in [2.05, 4.69) is 15.9 Å². The third kappa shape index (κ3) is 2.39. The molecule has 0 radical (unpaired) electrons. The lowest BCUT2D eigenvalue weighted by Gasteiger charge is -2.34. The van der Waals surface area contributed by atoms with Gasteiger partial charge in [0, 0.05) is 4.47 Å². The number of aliphatic carboxylic acids is 1. The van der Waals surface area contributed by atoms with Gasteiger partial charge >= 0.3 is 5.97 Å². The molecule has 0 saturated heterocycles. The van der Waals surface area contributed by atoms with Gasteiger partial charge in [0.2, 0.25) is 0 Å². The van der Waals surface area contributed by atoms with Crippen LogP contribution >= 0.6 is 15.9 Å². The second-order valence-corrected chi connectivity index (χ2v) is 5.88. The minimum atomic E-state index is -0.672. The molecule has 2 rings (SSSR count). The van der Waals surface area contributed by atoms with Gasteiger partial charge in [0.25, 0.3) is 0 Å². The maximum absolute atomic E-state index is 11.7. The first kappa shape index (κ1) is 12.6. The number of rotatable bonds is 2. The number of carboxylic acid groups (broad SMARTS) is 1. The molecule has 1 aromatic rings. The van der Waals surface area contributed by atoms with E-state index in [-0.39, 0.29) is 0 Å². The van der Waals surface area contributed by atoms with Crippen LogP contribution in [-0.4, -0.2) is 11.1 Å². The normalized spacial score (nSPS) is 18.9. The van der Waals surface area contributed by atoms with Crippen molar-refractivity contribution in [2.24, 2.45) is 0 Å². The Balaban J connectivity index is 2.48. The largest absolute Gasteiger partial charge is 0.481 e. The highest BCUT2D eigenvalue weighted by Gasteiger charge is 2.41. The van der Waals surface area contributed by atoms with Crippen LogP contribution in [0.25, 0.3) is 0 Å². The van der Waals surface area contributed by atoms with Crippen LogP contribution in [0.1, 0.15) is 43.2 Å². The number of halogens is 1. The summed E-state index contributed by atoms with van der Waals surface area (Å²) in [5, 5.41) is 9.61. The summed E-state index contributed by atoms with van der Waals surface area (Å²) in [5.41, 5.74) is 1.41. The van der Waals surface area contributed by atoms with Crippen LogP contribution < -0.4 is 0 Å². The zero-order chi connectivity index (χ0) is 12.5. The Morgan fingerprint density at radius 2 is 1.88 bits per heavy atom. The van der Waals surface area contributed by atoms with Gasteiger partial charge in [-0.2, -0.15) is 0 Å². The maximum Gasteiger partial charge on any atom is 0.314 e. The van der Waals surface area contributed by atoms with Crippen molar-refractivity contribution in [3.05, 3.63) is 33.8 Å². The average Bonchev–Trinajstić information content (AvgIpc) is 2.28. The molecule has 0 atom stereocenters. The Morgan fingerprint density at radius 3 is 2.41 bits per heavy atom. The number of carboxylic acids is 1. The van der Waals surface area contributed by atoms with Gasteiger partial charge in [-0.15, -0.1) is 0 Å². The van der Waals surface area contributed by atoms with Gasteiger partial charge in [0.05, 0.1) is 5.41 Å². The fourth-order valence-corrected chi connectivity index (χ4v) is 3.40. The first-order chi connectivity index (χ1) is 8.04. The molecule has 1 fully saturated rings. The van der Waals surface area contributed by atoms with Gasteiger partial charge < -0.3 is 5.11 Å². The average molecular weight is 297 g/mol. The van der Waals surface area contributed by atoms with E-state index in [1.54, 1.807) is 0 Å². The van der Waals surface area contributed by atoms with Gasteiger partial charge in [-0.25, -0.2) is 0 Å². The van der Waals surface area contributed by atoms with E-state index in [9.17, 15) is 9.90 Å². The van der Waals surface area contributed by atoms with Crippen molar-refractivity contribution in [1.82, 2.24) is 0 Å². The molecular formula is C14H17BrO2. The zero-order valence-corrected chi connectivity index (χ0v) is 11.6. The van der Waals surface area contributed by atoms with Crippen molar-refractivity contribution in [3.8, 4) is 0 Å². The molecule has 0 bridgehead atoms. The number of hydrogen-bond donors (Lipinski definition) is 1. The molecular weight excluding hydrogens is 280 g/mol. The molecule has 0 aromatic heterocycles. The minimum absolute atomic E-state index is 0.660. The van der Waals surface area contributed by atoms with E-state index in [4.69, 9.17) is 0 Å². The van der Waals surface area contributed by atoms with Crippen LogP contribution in [0.5, 0.6) is 0 Å². The lowest BCUT2D eigenvalue weighted by molar-refractivity contribution is -0.145. The monoisotopic (exact) mass is 296 g/mol. The van der Waals surface area contributed by atoms with Crippen molar-refractivity contribution in [1.29, 1.82) is 0 Å². The van der Waals surface area contributed by atoms with Crippen molar-refractivity contribution < 1.29 is 9.90 Å². The smallest absolute Gasteiger partial charge is 0.314 e. The lowest BCUT2D eigenvalue weighted by atomic mass is 9.69. The molecule has 0 spiro atoms. The van der Waals surface area contributed by atoms with Gasteiger partial charge in [0.1, 0.15) is 0 Å². The van der Waals surface area contributed by atoms with Crippen LogP contribution in [0.3, 0.4) is 0 Å². The molecule has 1 aromatic carbocycles. The molecule has 0 amide bonds. The summed E-state index contributed by atoms with van der Waals surface area (Å²) < 4.78 is 0.971. The summed E-state index contributed by atoms with van der Waals surface area (Å²) in [6.07, 6.45) is 4.70. The van der Waals surface area contributed by atoms with E-state index in [1.165, 1.54) is 0 Å². The lowest BCUT2D eigenvalue weighted by Crippen LogP contribution is -2.37. The molecule has 17 heavy (non-hydrogen) atoms. The second kappa shape index (κ2) is 4.81. The molecule has 2 nitrogen and oxygen atoms in total. The summed E-state index contributed by atoms with van der Waals surface area (Å²) in [5.74, 6) is -0.672. The van der Waals surface area contributed by atoms with Crippen LogP contribution in [0.4, 0.5) is 0 Å².